The molecule has 25 heavy (non-hydrogen) atoms. The van der Waals surface area contributed by atoms with Crippen molar-refractivity contribution in [1.29, 1.82) is 0 Å². The monoisotopic (exact) mass is 338 g/mol. The van der Waals surface area contributed by atoms with Gasteiger partial charge in [0.2, 0.25) is 0 Å². The lowest BCUT2D eigenvalue weighted by Crippen LogP contribution is -2.25. The third-order valence-electron chi connectivity index (χ3n) is 5.93. The van der Waals surface area contributed by atoms with Crippen LogP contribution in [-0.4, -0.2) is 34.6 Å². The highest BCUT2D eigenvalue weighted by Gasteiger charge is 2.43. The summed E-state index contributed by atoms with van der Waals surface area (Å²) in [5.41, 5.74) is 15.6. The van der Waals surface area contributed by atoms with Gasteiger partial charge in [-0.1, -0.05) is 18.6 Å². The Balaban J connectivity index is 1.63. The predicted octanol–water partition coefficient (Wildman–Crippen LogP) is 2.96. The fourth-order valence-electron chi connectivity index (χ4n) is 4.69. The Hall–Kier alpha value is -2.40. The molecule has 1 aromatic carbocycles. The third-order valence-corrected chi connectivity index (χ3v) is 5.93. The predicted molar refractivity (Wildman–Crippen MR) is 102 cm³/mol. The fourth-order valence-corrected chi connectivity index (χ4v) is 4.69. The third kappa shape index (κ3) is 2.78. The number of likely N-dealkylation sites (tertiary alicyclic amines) is 1. The van der Waals surface area contributed by atoms with Gasteiger partial charge in [0.05, 0.1) is 0 Å². The number of likely N-dealkylation sites (N-methyl/N-ethyl adjacent to an activating group) is 1. The quantitative estimate of drug-likeness (QED) is 0.692. The summed E-state index contributed by atoms with van der Waals surface area (Å²) >= 11 is 0. The lowest BCUT2D eigenvalue weighted by atomic mass is 9.90. The number of hydrogen-bond acceptors (Lipinski definition) is 4. The molecule has 0 radical (unpaired) electrons. The second-order valence-corrected chi connectivity index (χ2v) is 7.42. The van der Waals surface area contributed by atoms with Gasteiger partial charge < -0.3 is 26.5 Å². The molecule has 132 valence electrons. The van der Waals surface area contributed by atoms with E-state index in [0.717, 1.165) is 18.0 Å². The molecular weight excluding hydrogens is 312 g/mol. The van der Waals surface area contributed by atoms with Crippen LogP contribution in [-0.2, 0) is 0 Å². The van der Waals surface area contributed by atoms with Crippen molar-refractivity contribution >= 4 is 17.6 Å². The standard InChI is InChI=1S/C20H26N4O/c1-24-11-15(13-6-4-7-18(13)24)17-10-12(20(22)23-17)9-16(21)14-5-2-3-8-19(14)25/h2-3,5,8-10,13,15,18,23,25H,4,6-7,11,21-22H2,1H3/b16-9-. The first-order chi connectivity index (χ1) is 12.0. The Morgan fingerprint density at radius 2 is 2.12 bits per heavy atom. The van der Waals surface area contributed by atoms with Gasteiger partial charge in [-0.25, -0.2) is 0 Å². The zero-order chi connectivity index (χ0) is 17.6. The van der Waals surface area contributed by atoms with Gasteiger partial charge in [-0.05, 0) is 50.1 Å². The number of H-pyrrole nitrogens is 1. The molecule has 2 heterocycles. The molecule has 5 nitrogen and oxygen atoms in total. The number of aromatic nitrogens is 1. The van der Waals surface area contributed by atoms with Crippen LogP contribution in [0.2, 0.25) is 0 Å². The molecule has 2 aliphatic rings. The molecule has 1 aromatic heterocycles. The summed E-state index contributed by atoms with van der Waals surface area (Å²) < 4.78 is 0. The molecule has 2 fully saturated rings. The topological polar surface area (TPSA) is 91.3 Å². The highest BCUT2D eigenvalue weighted by molar-refractivity contribution is 5.84. The minimum absolute atomic E-state index is 0.178. The van der Waals surface area contributed by atoms with Crippen LogP contribution < -0.4 is 11.5 Å². The van der Waals surface area contributed by atoms with Crippen molar-refractivity contribution < 1.29 is 5.11 Å². The molecule has 0 bridgehead atoms. The van der Waals surface area contributed by atoms with E-state index in [2.05, 4.69) is 23.0 Å². The number of hydrogen-bond donors (Lipinski definition) is 4. The first kappa shape index (κ1) is 16.1. The number of aromatic amines is 1. The summed E-state index contributed by atoms with van der Waals surface area (Å²) in [4.78, 5) is 5.87. The number of phenols is 1. The maximum atomic E-state index is 9.97. The van der Waals surface area contributed by atoms with Crippen LogP contribution in [0.3, 0.4) is 0 Å². The maximum Gasteiger partial charge on any atom is 0.124 e. The molecule has 1 aliphatic heterocycles. The highest BCUT2D eigenvalue weighted by atomic mass is 16.3. The molecule has 5 heteroatoms. The molecule has 0 amide bonds. The molecule has 2 aromatic rings. The molecule has 4 rings (SSSR count). The molecule has 3 unspecified atom stereocenters. The van der Waals surface area contributed by atoms with Crippen molar-refractivity contribution in [2.24, 2.45) is 11.7 Å². The Morgan fingerprint density at radius 3 is 2.92 bits per heavy atom. The Morgan fingerprint density at radius 1 is 1.32 bits per heavy atom. The summed E-state index contributed by atoms with van der Waals surface area (Å²) in [6.45, 7) is 1.08. The normalized spacial score (nSPS) is 26.9. The second-order valence-electron chi connectivity index (χ2n) is 7.42. The van der Waals surface area contributed by atoms with E-state index in [1.54, 1.807) is 18.2 Å². The second kappa shape index (κ2) is 6.15. The number of nitrogens with one attached hydrogen (secondary N) is 1. The number of nitrogen functional groups attached to an aromatic ring is 1. The van der Waals surface area contributed by atoms with E-state index in [1.807, 2.05) is 12.1 Å². The summed E-state index contributed by atoms with van der Waals surface area (Å²) in [7, 11) is 2.23. The van der Waals surface area contributed by atoms with E-state index in [0.29, 0.717) is 29.0 Å². The molecule has 0 spiro atoms. The smallest absolute Gasteiger partial charge is 0.124 e. The Labute approximate surface area is 148 Å². The summed E-state index contributed by atoms with van der Waals surface area (Å²) in [5.74, 6) is 2.04. The van der Waals surface area contributed by atoms with E-state index in [4.69, 9.17) is 11.5 Å². The Kier molecular flexibility index (Phi) is 3.96. The number of phenolic OH excluding ortho intramolecular Hbond substituents is 1. The minimum atomic E-state index is 0.178. The van der Waals surface area contributed by atoms with Crippen molar-refractivity contribution in [2.45, 2.75) is 31.2 Å². The van der Waals surface area contributed by atoms with Crippen molar-refractivity contribution in [2.75, 3.05) is 19.3 Å². The number of rotatable bonds is 3. The number of aromatic hydroxyl groups is 1. The van der Waals surface area contributed by atoms with Gasteiger partial charge in [0.15, 0.2) is 0 Å². The average molecular weight is 338 g/mol. The molecular formula is C20H26N4O. The number of fused-ring (bicyclic) bond motifs is 1. The molecule has 1 saturated heterocycles. The molecule has 6 N–H and O–H groups in total. The number of nitrogens with two attached hydrogens (primary N) is 2. The molecule has 1 aliphatic carbocycles. The number of anilines is 1. The molecule has 3 atom stereocenters. The van der Waals surface area contributed by atoms with Crippen LogP contribution in [0, 0.1) is 5.92 Å². The summed E-state index contributed by atoms with van der Waals surface area (Å²) in [6.07, 6.45) is 5.76. The van der Waals surface area contributed by atoms with E-state index in [-0.39, 0.29) is 5.75 Å². The van der Waals surface area contributed by atoms with E-state index < -0.39 is 0 Å². The minimum Gasteiger partial charge on any atom is -0.507 e. The van der Waals surface area contributed by atoms with Crippen LogP contribution in [0.1, 0.15) is 42.0 Å². The van der Waals surface area contributed by atoms with Crippen molar-refractivity contribution in [1.82, 2.24) is 9.88 Å². The van der Waals surface area contributed by atoms with E-state index in [9.17, 15) is 5.11 Å². The SMILES string of the molecule is CN1CC(c2cc(/C=C(\N)c3ccccc3O)c(N)[nH]2)C2CCCC21. The average Bonchev–Trinajstić information content (AvgIpc) is 3.26. The first-order valence-electron chi connectivity index (χ1n) is 8.98. The van der Waals surface area contributed by atoms with Crippen LogP contribution in [0.25, 0.3) is 11.8 Å². The van der Waals surface area contributed by atoms with Crippen molar-refractivity contribution in [3.05, 3.63) is 47.2 Å². The van der Waals surface area contributed by atoms with Crippen LogP contribution >= 0.6 is 0 Å². The fraction of sp³-hybridized carbons (Fsp3) is 0.400. The number of benzene rings is 1. The zero-order valence-electron chi connectivity index (χ0n) is 14.6. The summed E-state index contributed by atoms with van der Waals surface area (Å²) in [5, 5.41) is 9.97. The van der Waals surface area contributed by atoms with E-state index >= 15 is 0 Å². The molecule has 1 saturated carbocycles. The summed E-state index contributed by atoms with van der Waals surface area (Å²) in [6, 6.07) is 9.91. The Bertz CT molecular complexity index is 810. The lowest BCUT2D eigenvalue weighted by Gasteiger charge is -2.17. The highest BCUT2D eigenvalue weighted by Crippen LogP contribution is 2.45. The van der Waals surface area contributed by atoms with Crippen molar-refractivity contribution in [3.8, 4) is 5.75 Å². The van der Waals surface area contributed by atoms with Gasteiger partial charge in [-0.15, -0.1) is 0 Å². The van der Waals surface area contributed by atoms with Crippen LogP contribution in [0.5, 0.6) is 5.75 Å². The van der Waals surface area contributed by atoms with Gasteiger partial charge >= 0.3 is 0 Å². The van der Waals surface area contributed by atoms with Gasteiger partial charge in [0, 0.05) is 41.0 Å². The first-order valence-corrected chi connectivity index (χ1v) is 8.98. The van der Waals surface area contributed by atoms with E-state index in [1.165, 1.54) is 25.0 Å². The van der Waals surface area contributed by atoms with Crippen LogP contribution in [0.4, 0.5) is 5.82 Å². The van der Waals surface area contributed by atoms with Gasteiger partial charge in [0.1, 0.15) is 11.6 Å². The number of nitrogens with zero attached hydrogens (tertiary/aromatic N) is 1. The van der Waals surface area contributed by atoms with Gasteiger partial charge in [0.25, 0.3) is 0 Å². The maximum absolute atomic E-state index is 9.97. The van der Waals surface area contributed by atoms with Crippen LogP contribution in [0.15, 0.2) is 30.3 Å². The lowest BCUT2D eigenvalue weighted by molar-refractivity contribution is 0.294. The largest absolute Gasteiger partial charge is 0.507 e. The number of para-hydroxylation sites is 1. The van der Waals surface area contributed by atoms with Gasteiger partial charge in [-0.3, -0.25) is 0 Å². The van der Waals surface area contributed by atoms with Crippen molar-refractivity contribution in [3.63, 3.8) is 0 Å². The zero-order valence-corrected chi connectivity index (χ0v) is 14.6. The van der Waals surface area contributed by atoms with Gasteiger partial charge in [-0.2, -0.15) is 0 Å².